The van der Waals surface area contributed by atoms with Crippen molar-refractivity contribution in [3.63, 3.8) is 0 Å². The molecule has 1 aromatic heterocycles. The van der Waals surface area contributed by atoms with Gasteiger partial charge < -0.3 is 10.6 Å². The number of benzene rings is 1. The Bertz CT molecular complexity index is 686. The van der Waals surface area contributed by atoms with Gasteiger partial charge >= 0.3 is 0 Å². The molecular weight excluding hydrogens is 356 g/mol. The monoisotopic (exact) mass is 374 g/mol. The molecule has 0 aliphatic heterocycles. The molecule has 0 bridgehead atoms. The van der Waals surface area contributed by atoms with Crippen LogP contribution in [0.15, 0.2) is 41.0 Å². The van der Waals surface area contributed by atoms with E-state index in [0.717, 1.165) is 23.0 Å². The summed E-state index contributed by atoms with van der Waals surface area (Å²) in [4.78, 5) is 20.8. The van der Waals surface area contributed by atoms with Crippen LogP contribution in [0.1, 0.15) is 42.6 Å². The second-order valence-corrected chi connectivity index (χ2v) is 6.62. The van der Waals surface area contributed by atoms with Crippen molar-refractivity contribution < 1.29 is 4.79 Å². The lowest BCUT2D eigenvalue weighted by Crippen LogP contribution is -2.36. The molecule has 23 heavy (non-hydrogen) atoms. The van der Waals surface area contributed by atoms with Crippen molar-refractivity contribution in [1.29, 1.82) is 0 Å². The van der Waals surface area contributed by atoms with E-state index in [9.17, 15) is 4.79 Å². The number of carbonyl (C=O) groups excluding carboxylic acids is 1. The molecule has 1 fully saturated rings. The number of nitrogens with zero attached hydrogens (tertiary/aromatic N) is 2. The summed E-state index contributed by atoms with van der Waals surface area (Å²) in [7, 11) is 0. The third-order valence-electron chi connectivity index (χ3n) is 3.91. The molecule has 0 saturated heterocycles. The average molecular weight is 375 g/mol. The minimum atomic E-state index is -0.128. The van der Waals surface area contributed by atoms with E-state index in [2.05, 4.69) is 36.5 Å². The summed E-state index contributed by atoms with van der Waals surface area (Å²) in [6.45, 7) is 0. The Kier molecular flexibility index (Phi) is 5.23. The van der Waals surface area contributed by atoms with Gasteiger partial charge in [-0.1, -0.05) is 41.3 Å². The Morgan fingerprint density at radius 3 is 2.78 bits per heavy atom. The summed E-state index contributed by atoms with van der Waals surface area (Å²) in [6, 6.07) is 9.63. The average Bonchev–Trinajstić information content (AvgIpc) is 2.56. The lowest BCUT2D eigenvalue weighted by Gasteiger charge is -2.22. The molecule has 5 nitrogen and oxygen atoms in total. The van der Waals surface area contributed by atoms with Crippen molar-refractivity contribution in [3.8, 4) is 0 Å². The van der Waals surface area contributed by atoms with Crippen molar-refractivity contribution in [1.82, 2.24) is 15.3 Å². The topological polar surface area (TPSA) is 66.9 Å². The van der Waals surface area contributed by atoms with E-state index in [1.807, 2.05) is 24.3 Å². The van der Waals surface area contributed by atoms with E-state index in [1.165, 1.54) is 19.3 Å². The van der Waals surface area contributed by atoms with Crippen LogP contribution in [-0.2, 0) is 0 Å². The number of halogens is 1. The van der Waals surface area contributed by atoms with Crippen LogP contribution in [0.25, 0.3) is 0 Å². The fraction of sp³-hybridized carbons (Fsp3) is 0.353. The fourth-order valence-electron chi connectivity index (χ4n) is 2.75. The zero-order valence-electron chi connectivity index (χ0n) is 12.8. The van der Waals surface area contributed by atoms with E-state index >= 15 is 0 Å². The highest BCUT2D eigenvalue weighted by Crippen LogP contribution is 2.19. The number of hydrogen-bond donors (Lipinski definition) is 2. The van der Waals surface area contributed by atoms with Gasteiger partial charge in [0.05, 0.1) is 0 Å². The standard InChI is InChI=1S/C17H19BrN4O/c18-12-5-4-8-14(11-12)21-17-19-10-9-15(22-17)16(23)20-13-6-2-1-3-7-13/h4-5,8-11,13H,1-3,6-7H2,(H,20,23)(H,19,21,22). The molecule has 1 amide bonds. The molecule has 0 unspecified atom stereocenters. The maximum atomic E-state index is 12.3. The summed E-state index contributed by atoms with van der Waals surface area (Å²) in [5.41, 5.74) is 1.26. The van der Waals surface area contributed by atoms with Crippen molar-refractivity contribution in [2.45, 2.75) is 38.1 Å². The summed E-state index contributed by atoms with van der Waals surface area (Å²) in [5, 5.41) is 6.18. The second kappa shape index (κ2) is 7.55. The van der Waals surface area contributed by atoms with E-state index in [1.54, 1.807) is 12.3 Å². The first-order valence-electron chi connectivity index (χ1n) is 7.87. The van der Waals surface area contributed by atoms with Gasteiger partial charge in [0.2, 0.25) is 5.95 Å². The van der Waals surface area contributed by atoms with Crippen LogP contribution >= 0.6 is 15.9 Å². The van der Waals surface area contributed by atoms with Gasteiger partial charge in [-0.25, -0.2) is 9.97 Å². The van der Waals surface area contributed by atoms with Gasteiger partial charge in [-0.05, 0) is 37.1 Å². The van der Waals surface area contributed by atoms with Crippen LogP contribution < -0.4 is 10.6 Å². The van der Waals surface area contributed by atoms with E-state index < -0.39 is 0 Å². The highest BCUT2D eigenvalue weighted by molar-refractivity contribution is 9.10. The van der Waals surface area contributed by atoms with Crippen molar-refractivity contribution in [2.24, 2.45) is 0 Å². The molecule has 2 aromatic rings. The SMILES string of the molecule is O=C(NC1CCCCC1)c1ccnc(Nc2cccc(Br)c2)n1. The molecule has 0 radical (unpaired) electrons. The molecule has 1 aliphatic rings. The highest BCUT2D eigenvalue weighted by Gasteiger charge is 2.17. The van der Waals surface area contributed by atoms with Gasteiger partial charge in [0.1, 0.15) is 5.69 Å². The molecule has 3 rings (SSSR count). The number of nitrogens with one attached hydrogen (secondary N) is 2. The van der Waals surface area contributed by atoms with Crippen molar-refractivity contribution in [3.05, 3.63) is 46.7 Å². The number of hydrogen-bond acceptors (Lipinski definition) is 4. The molecule has 0 spiro atoms. The summed E-state index contributed by atoms with van der Waals surface area (Å²) >= 11 is 3.42. The van der Waals surface area contributed by atoms with Gasteiger partial charge in [-0.3, -0.25) is 4.79 Å². The molecule has 1 saturated carbocycles. The highest BCUT2D eigenvalue weighted by atomic mass is 79.9. The number of amides is 1. The Labute approximate surface area is 144 Å². The Balaban J connectivity index is 1.67. The van der Waals surface area contributed by atoms with Gasteiger partial charge in [0, 0.05) is 22.4 Å². The Hall–Kier alpha value is -1.95. The minimum absolute atomic E-state index is 0.128. The fourth-order valence-corrected chi connectivity index (χ4v) is 3.15. The maximum absolute atomic E-state index is 12.3. The zero-order chi connectivity index (χ0) is 16.1. The van der Waals surface area contributed by atoms with E-state index in [4.69, 9.17) is 0 Å². The van der Waals surface area contributed by atoms with Crippen molar-refractivity contribution in [2.75, 3.05) is 5.32 Å². The molecular formula is C17H19BrN4O. The molecule has 2 N–H and O–H groups in total. The third kappa shape index (κ3) is 4.51. The van der Waals surface area contributed by atoms with Crippen LogP contribution in [0.2, 0.25) is 0 Å². The first-order valence-corrected chi connectivity index (χ1v) is 8.66. The van der Waals surface area contributed by atoms with Crippen LogP contribution in [0.3, 0.4) is 0 Å². The summed E-state index contributed by atoms with van der Waals surface area (Å²) < 4.78 is 0.966. The smallest absolute Gasteiger partial charge is 0.270 e. The molecule has 1 heterocycles. The summed E-state index contributed by atoms with van der Waals surface area (Å²) in [5.74, 6) is 0.288. The van der Waals surface area contributed by atoms with E-state index in [-0.39, 0.29) is 11.9 Å². The Morgan fingerprint density at radius 1 is 1.17 bits per heavy atom. The summed E-state index contributed by atoms with van der Waals surface area (Å²) in [6.07, 6.45) is 7.35. The van der Waals surface area contributed by atoms with Crippen LogP contribution in [0.5, 0.6) is 0 Å². The quantitative estimate of drug-likeness (QED) is 0.846. The van der Waals surface area contributed by atoms with Crippen LogP contribution in [0, 0.1) is 0 Å². The van der Waals surface area contributed by atoms with E-state index in [0.29, 0.717) is 11.6 Å². The van der Waals surface area contributed by atoms with Crippen LogP contribution in [0.4, 0.5) is 11.6 Å². The first kappa shape index (κ1) is 15.9. The molecule has 6 heteroatoms. The van der Waals surface area contributed by atoms with Crippen LogP contribution in [-0.4, -0.2) is 21.9 Å². The van der Waals surface area contributed by atoms with Gasteiger partial charge in [0.25, 0.3) is 5.91 Å². The zero-order valence-corrected chi connectivity index (χ0v) is 14.3. The third-order valence-corrected chi connectivity index (χ3v) is 4.40. The predicted molar refractivity (Wildman–Crippen MR) is 93.8 cm³/mol. The van der Waals surface area contributed by atoms with Gasteiger partial charge in [-0.15, -0.1) is 0 Å². The second-order valence-electron chi connectivity index (χ2n) is 5.71. The number of aromatic nitrogens is 2. The molecule has 120 valence electrons. The maximum Gasteiger partial charge on any atom is 0.270 e. The number of anilines is 2. The normalized spacial score (nSPS) is 15.2. The predicted octanol–water partition coefficient (Wildman–Crippen LogP) is 4.05. The lowest BCUT2D eigenvalue weighted by molar-refractivity contribution is 0.0922. The minimum Gasteiger partial charge on any atom is -0.348 e. The largest absolute Gasteiger partial charge is 0.348 e. The van der Waals surface area contributed by atoms with Gasteiger partial charge in [-0.2, -0.15) is 0 Å². The van der Waals surface area contributed by atoms with Gasteiger partial charge in [0.15, 0.2) is 0 Å². The lowest BCUT2D eigenvalue weighted by atomic mass is 9.95. The molecule has 1 aromatic carbocycles. The number of rotatable bonds is 4. The number of carbonyl (C=O) groups is 1. The first-order chi connectivity index (χ1) is 11.2. The molecule has 1 aliphatic carbocycles. The molecule has 0 atom stereocenters. The Morgan fingerprint density at radius 2 is 2.00 bits per heavy atom. The van der Waals surface area contributed by atoms with Crippen molar-refractivity contribution >= 4 is 33.5 Å².